The zero-order valence-electron chi connectivity index (χ0n) is 15.4. The van der Waals surface area contributed by atoms with Crippen LogP contribution in [0.3, 0.4) is 0 Å². The molecule has 5 nitrogen and oxygen atoms in total. The average Bonchev–Trinajstić information content (AvgIpc) is 2.83. The molecule has 1 aliphatic heterocycles. The summed E-state index contributed by atoms with van der Waals surface area (Å²) >= 11 is 1.62. The first-order valence-corrected chi connectivity index (χ1v) is 9.92. The van der Waals surface area contributed by atoms with Crippen molar-refractivity contribution in [3.8, 4) is 0 Å². The highest BCUT2D eigenvalue weighted by atomic mass is 32.2. The number of urea groups is 1. The normalized spacial score (nSPS) is 15.4. The molecule has 0 aliphatic carbocycles. The zero-order chi connectivity index (χ0) is 18.3. The third-order valence-corrected chi connectivity index (χ3v) is 5.22. The first kappa shape index (κ1) is 19.6. The van der Waals surface area contributed by atoms with E-state index in [1.54, 1.807) is 11.8 Å². The molecular weight excluding hydrogens is 334 g/mol. The van der Waals surface area contributed by atoms with E-state index in [1.165, 1.54) is 12.8 Å². The van der Waals surface area contributed by atoms with Gasteiger partial charge in [0.2, 0.25) is 5.91 Å². The number of nitrogens with zero attached hydrogens (tertiary/aromatic N) is 1. The van der Waals surface area contributed by atoms with Crippen molar-refractivity contribution >= 4 is 35.1 Å². The highest BCUT2D eigenvalue weighted by Crippen LogP contribution is 2.23. The summed E-state index contributed by atoms with van der Waals surface area (Å²) in [6.07, 6.45) is 4.55. The second-order valence-corrected chi connectivity index (χ2v) is 9.16. The number of amides is 3. The summed E-state index contributed by atoms with van der Waals surface area (Å²) in [5, 5.41) is 5.82. The minimum atomic E-state index is -0.0414. The first-order valence-electron chi connectivity index (χ1n) is 8.93. The van der Waals surface area contributed by atoms with Gasteiger partial charge in [-0.05, 0) is 37.1 Å². The van der Waals surface area contributed by atoms with E-state index >= 15 is 0 Å². The predicted molar refractivity (Wildman–Crippen MR) is 106 cm³/mol. The van der Waals surface area contributed by atoms with Gasteiger partial charge in [0, 0.05) is 29.2 Å². The molecule has 0 saturated carbocycles. The summed E-state index contributed by atoms with van der Waals surface area (Å²) in [6.45, 7) is 7.92. The van der Waals surface area contributed by atoms with Crippen LogP contribution in [0.25, 0.3) is 0 Å². The molecule has 25 heavy (non-hydrogen) atoms. The SMILES string of the molecule is CC(C)(C)SCC(=O)Nc1ccc(NC(=O)N2CCCCCC2)cc1. The number of nitrogens with one attached hydrogen (secondary N) is 2. The minimum absolute atomic E-state index is 0.0127. The first-order chi connectivity index (χ1) is 11.8. The maximum absolute atomic E-state index is 12.3. The number of likely N-dealkylation sites (tertiary alicyclic amines) is 1. The van der Waals surface area contributed by atoms with Gasteiger partial charge in [0.1, 0.15) is 0 Å². The van der Waals surface area contributed by atoms with Crippen molar-refractivity contribution in [1.29, 1.82) is 0 Å². The average molecular weight is 364 g/mol. The van der Waals surface area contributed by atoms with Crippen LogP contribution in [0, 0.1) is 0 Å². The molecule has 0 unspecified atom stereocenters. The second kappa shape index (κ2) is 9.13. The molecule has 1 aromatic carbocycles. The van der Waals surface area contributed by atoms with Gasteiger partial charge in [-0.3, -0.25) is 4.79 Å². The summed E-state index contributed by atoms with van der Waals surface area (Å²) in [5.41, 5.74) is 1.49. The monoisotopic (exact) mass is 363 g/mol. The number of hydrogen-bond donors (Lipinski definition) is 2. The Balaban J connectivity index is 1.82. The lowest BCUT2D eigenvalue weighted by atomic mass is 10.2. The molecule has 0 spiro atoms. The highest BCUT2D eigenvalue weighted by molar-refractivity contribution is 8.01. The number of rotatable bonds is 4. The van der Waals surface area contributed by atoms with Gasteiger partial charge in [-0.15, -0.1) is 11.8 Å². The Hall–Kier alpha value is -1.69. The molecule has 2 N–H and O–H groups in total. The molecule has 3 amide bonds. The van der Waals surface area contributed by atoms with E-state index in [4.69, 9.17) is 0 Å². The van der Waals surface area contributed by atoms with Crippen molar-refractivity contribution in [2.45, 2.75) is 51.2 Å². The second-order valence-electron chi connectivity index (χ2n) is 7.36. The Morgan fingerprint density at radius 3 is 2.00 bits per heavy atom. The van der Waals surface area contributed by atoms with Gasteiger partial charge in [-0.25, -0.2) is 4.79 Å². The van der Waals surface area contributed by atoms with Crippen molar-refractivity contribution in [3.63, 3.8) is 0 Å². The maximum atomic E-state index is 12.3. The van der Waals surface area contributed by atoms with E-state index in [1.807, 2.05) is 29.2 Å². The zero-order valence-corrected chi connectivity index (χ0v) is 16.2. The van der Waals surface area contributed by atoms with E-state index in [-0.39, 0.29) is 16.7 Å². The van der Waals surface area contributed by atoms with Crippen LogP contribution in [-0.4, -0.2) is 40.4 Å². The summed E-state index contributed by atoms with van der Waals surface area (Å²) in [5.74, 6) is 0.415. The van der Waals surface area contributed by atoms with Gasteiger partial charge >= 0.3 is 6.03 Å². The van der Waals surface area contributed by atoms with Crippen LogP contribution in [0.5, 0.6) is 0 Å². The molecule has 138 valence electrons. The Kier molecular flexibility index (Phi) is 7.17. The van der Waals surface area contributed by atoms with Crippen molar-refractivity contribution in [1.82, 2.24) is 4.90 Å². The molecule has 1 aromatic rings. The van der Waals surface area contributed by atoms with Gasteiger partial charge in [0.25, 0.3) is 0 Å². The van der Waals surface area contributed by atoms with E-state index in [0.29, 0.717) is 5.75 Å². The van der Waals surface area contributed by atoms with Gasteiger partial charge in [0.05, 0.1) is 5.75 Å². The number of thioether (sulfide) groups is 1. The fourth-order valence-corrected chi connectivity index (χ4v) is 3.23. The molecule has 1 saturated heterocycles. The van der Waals surface area contributed by atoms with Crippen LogP contribution in [0.2, 0.25) is 0 Å². The lowest BCUT2D eigenvalue weighted by Crippen LogP contribution is -2.35. The molecule has 0 atom stereocenters. The summed E-state index contributed by atoms with van der Waals surface area (Å²) in [7, 11) is 0. The number of anilines is 2. The minimum Gasteiger partial charge on any atom is -0.325 e. The van der Waals surface area contributed by atoms with Gasteiger partial charge < -0.3 is 15.5 Å². The van der Waals surface area contributed by atoms with Crippen LogP contribution in [0.15, 0.2) is 24.3 Å². The quantitative estimate of drug-likeness (QED) is 0.824. The van der Waals surface area contributed by atoms with Crippen molar-refractivity contribution in [2.24, 2.45) is 0 Å². The largest absolute Gasteiger partial charge is 0.325 e. The molecule has 1 heterocycles. The Morgan fingerprint density at radius 2 is 1.48 bits per heavy atom. The Labute approximate surface area is 154 Å². The molecule has 6 heteroatoms. The summed E-state index contributed by atoms with van der Waals surface area (Å²) < 4.78 is 0.0683. The van der Waals surface area contributed by atoms with Crippen LogP contribution < -0.4 is 10.6 Å². The topological polar surface area (TPSA) is 61.4 Å². The number of hydrogen-bond acceptors (Lipinski definition) is 3. The fourth-order valence-electron chi connectivity index (χ4n) is 2.59. The Bertz CT molecular complexity index is 573. The lowest BCUT2D eigenvalue weighted by molar-refractivity contribution is -0.113. The maximum Gasteiger partial charge on any atom is 0.321 e. The van der Waals surface area contributed by atoms with Crippen molar-refractivity contribution in [2.75, 3.05) is 29.5 Å². The van der Waals surface area contributed by atoms with E-state index in [0.717, 1.165) is 37.3 Å². The van der Waals surface area contributed by atoms with Gasteiger partial charge in [-0.1, -0.05) is 33.6 Å². The van der Waals surface area contributed by atoms with Crippen LogP contribution in [-0.2, 0) is 4.79 Å². The van der Waals surface area contributed by atoms with Crippen molar-refractivity contribution in [3.05, 3.63) is 24.3 Å². The fraction of sp³-hybridized carbons (Fsp3) is 0.579. The third-order valence-electron chi connectivity index (χ3n) is 3.95. The molecule has 1 aliphatic rings. The summed E-state index contributed by atoms with van der Waals surface area (Å²) in [6, 6.07) is 7.24. The number of carbonyl (C=O) groups excluding carboxylic acids is 2. The van der Waals surface area contributed by atoms with E-state index in [9.17, 15) is 9.59 Å². The molecule has 2 rings (SSSR count). The smallest absolute Gasteiger partial charge is 0.321 e. The third kappa shape index (κ3) is 7.38. The number of benzene rings is 1. The van der Waals surface area contributed by atoms with Gasteiger partial charge in [0.15, 0.2) is 0 Å². The van der Waals surface area contributed by atoms with E-state index < -0.39 is 0 Å². The number of carbonyl (C=O) groups is 2. The lowest BCUT2D eigenvalue weighted by Gasteiger charge is -2.21. The van der Waals surface area contributed by atoms with E-state index in [2.05, 4.69) is 31.4 Å². The Morgan fingerprint density at radius 1 is 0.960 bits per heavy atom. The molecular formula is C19H29N3O2S. The molecule has 0 radical (unpaired) electrons. The van der Waals surface area contributed by atoms with Crippen LogP contribution in [0.1, 0.15) is 46.5 Å². The molecule has 1 fully saturated rings. The van der Waals surface area contributed by atoms with Gasteiger partial charge in [-0.2, -0.15) is 0 Å². The standard InChI is InChI=1S/C19H29N3O2S/c1-19(2,3)25-14-17(23)20-15-8-10-16(11-9-15)21-18(24)22-12-6-4-5-7-13-22/h8-11H,4-7,12-14H2,1-3H3,(H,20,23)(H,21,24). The van der Waals surface area contributed by atoms with Crippen molar-refractivity contribution < 1.29 is 9.59 Å². The molecule has 0 bridgehead atoms. The van der Waals surface area contributed by atoms with Crippen LogP contribution >= 0.6 is 11.8 Å². The highest BCUT2D eigenvalue weighted by Gasteiger charge is 2.16. The summed E-state index contributed by atoms with van der Waals surface area (Å²) in [4.78, 5) is 26.1. The molecule has 0 aromatic heterocycles. The predicted octanol–water partition coefficient (Wildman–Crippen LogP) is 4.56. The van der Waals surface area contributed by atoms with Crippen LogP contribution in [0.4, 0.5) is 16.2 Å².